The maximum atomic E-state index is 12.6. The number of hydrogen-bond donors (Lipinski definition) is 3. The Morgan fingerprint density at radius 1 is 0.935 bits per heavy atom. The second kappa shape index (κ2) is 17.4. The Bertz CT molecular complexity index is 484. The molecule has 1 aliphatic rings. The lowest BCUT2D eigenvalue weighted by Gasteiger charge is -2.23. The van der Waals surface area contributed by atoms with Crippen molar-refractivity contribution < 1.29 is 19.4 Å². The predicted octanol–water partition coefficient (Wildman–Crippen LogP) is 4.83. The topological polar surface area (TPSA) is 87.7 Å². The van der Waals surface area contributed by atoms with Gasteiger partial charge in [0.15, 0.2) is 6.29 Å². The monoisotopic (exact) mass is 440 g/mol. The first kappa shape index (κ1) is 27.9. The second-order valence-electron chi connectivity index (χ2n) is 9.55. The Kier molecular flexibility index (Phi) is 15.7. The minimum absolute atomic E-state index is 0.0592. The smallest absolute Gasteiger partial charge is 0.242 e. The molecule has 1 saturated heterocycles. The number of carbonyl (C=O) groups excluding carboxylic acids is 2. The van der Waals surface area contributed by atoms with Gasteiger partial charge < -0.3 is 20.5 Å². The fourth-order valence-electron chi connectivity index (χ4n) is 4.10. The molecular formula is C25H48N2O4. The molecule has 31 heavy (non-hydrogen) atoms. The average molecular weight is 441 g/mol. The summed E-state index contributed by atoms with van der Waals surface area (Å²) in [5.41, 5.74) is 0. The van der Waals surface area contributed by atoms with Gasteiger partial charge in [-0.25, -0.2) is 0 Å². The average Bonchev–Trinajstić information content (AvgIpc) is 3.12. The van der Waals surface area contributed by atoms with E-state index in [1.54, 1.807) is 0 Å². The Hall–Kier alpha value is -1.14. The zero-order valence-electron chi connectivity index (χ0n) is 20.3. The van der Waals surface area contributed by atoms with Gasteiger partial charge in [-0.15, -0.1) is 0 Å². The van der Waals surface area contributed by atoms with E-state index in [9.17, 15) is 14.7 Å². The second-order valence-corrected chi connectivity index (χ2v) is 9.55. The van der Waals surface area contributed by atoms with E-state index >= 15 is 0 Å². The van der Waals surface area contributed by atoms with E-state index < -0.39 is 18.4 Å². The van der Waals surface area contributed by atoms with Crippen LogP contribution in [0.4, 0.5) is 0 Å². The molecule has 6 nitrogen and oxygen atoms in total. The van der Waals surface area contributed by atoms with Crippen LogP contribution in [0.15, 0.2) is 0 Å². The van der Waals surface area contributed by atoms with Gasteiger partial charge in [-0.05, 0) is 25.2 Å². The molecule has 0 radical (unpaired) electrons. The third-order valence-corrected chi connectivity index (χ3v) is 6.01. The van der Waals surface area contributed by atoms with Crippen LogP contribution in [0.2, 0.25) is 0 Å². The minimum atomic E-state index is -0.958. The van der Waals surface area contributed by atoms with Gasteiger partial charge in [-0.3, -0.25) is 9.59 Å². The van der Waals surface area contributed by atoms with E-state index in [0.717, 1.165) is 12.8 Å². The molecule has 1 fully saturated rings. The van der Waals surface area contributed by atoms with Gasteiger partial charge in [-0.1, -0.05) is 91.4 Å². The van der Waals surface area contributed by atoms with Crippen molar-refractivity contribution in [3.63, 3.8) is 0 Å². The van der Waals surface area contributed by atoms with Crippen LogP contribution in [0, 0.1) is 5.92 Å². The van der Waals surface area contributed by atoms with Crippen molar-refractivity contribution >= 4 is 11.8 Å². The first-order chi connectivity index (χ1) is 14.9. The van der Waals surface area contributed by atoms with Crippen LogP contribution >= 0.6 is 0 Å². The number of unbranched alkanes of at least 4 members (excludes halogenated alkanes) is 11. The lowest BCUT2D eigenvalue weighted by Crippen LogP contribution is -2.51. The van der Waals surface area contributed by atoms with Crippen LogP contribution in [0.25, 0.3) is 0 Å². The standard InChI is InChI=1S/C25H48N2O4/c1-4-5-6-7-8-9-10-11-12-13-14-15-16-23(28)26-22(19-20(2)3)24(29)27-21-17-18-31-25(21)30/h20-22,25,30H,4-19H2,1-3H3,(H,26,28)(H,27,29)/t21-,22-,25?/m0/s1. The fraction of sp³-hybridized carbons (Fsp3) is 0.920. The quantitative estimate of drug-likeness (QED) is 0.266. The molecule has 6 heteroatoms. The molecule has 0 saturated carbocycles. The molecule has 1 unspecified atom stereocenters. The van der Waals surface area contributed by atoms with Crippen molar-refractivity contribution in [3.05, 3.63) is 0 Å². The first-order valence-corrected chi connectivity index (χ1v) is 12.8. The molecule has 0 aromatic carbocycles. The van der Waals surface area contributed by atoms with Crippen molar-refractivity contribution in [3.8, 4) is 0 Å². The van der Waals surface area contributed by atoms with Crippen molar-refractivity contribution in [2.45, 2.75) is 135 Å². The van der Waals surface area contributed by atoms with E-state index in [1.165, 1.54) is 64.2 Å². The number of nitrogens with one attached hydrogen (secondary N) is 2. The highest BCUT2D eigenvalue weighted by atomic mass is 16.6. The Morgan fingerprint density at radius 3 is 1.97 bits per heavy atom. The zero-order chi connectivity index (χ0) is 22.9. The SMILES string of the molecule is CCCCCCCCCCCCCCC(=O)N[C@@H](CC(C)C)C(=O)N[C@H]1CCOC1O. The third kappa shape index (κ3) is 13.8. The van der Waals surface area contributed by atoms with Crippen LogP contribution in [0.5, 0.6) is 0 Å². The normalized spacial score (nSPS) is 19.5. The molecule has 0 spiro atoms. The van der Waals surface area contributed by atoms with Crippen molar-refractivity contribution in [2.75, 3.05) is 6.61 Å². The van der Waals surface area contributed by atoms with Gasteiger partial charge in [0.25, 0.3) is 0 Å². The summed E-state index contributed by atoms with van der Waals surface area (Å²) in [7, 11) is 0. The predicted molar refractivity (Wildman–Crippen MR) is 126 cm³/mol. The Morgan fingerprint density at radius 2 is 1.48 bits per heavy atom. The van der Waals surface area contributed by atoms with Crippen LogP contribution in [-0.2, 0) is 14.3 Å². The van der Waals surface area contributed by atoms with Gasteiger partial charge in [0, 0.05) is 6.42 Å². The lowest BCUT2D eigenvalue weighted by atomic mass is 10.0. The van der Waals surface area contributed by atoms with Gasteiger partial charge in [0.2, 0.25) is 11.8 Å². The molecule has 2 amide bonds. The lowest BCUT2D eigenvalue weighted by molar-refractivity contribution is -0.131. The maximum Gasteiger partial charge on any atom is 0.242 e. The maximum absolute atomic E-state index is 12.6. The Labute approximate surface area is 190 Å². The number of rotatable bonds is 18. The van der Waals surface area contributed by atoms with E-state index in [0.29, 0.717) is 25.9 Å². The molecule has 0 aromatic heterocycles. The summed E-state index contributed by atoms with van der Waals surface area (Å²) in [4.78, 5) is 25.0. The highest BCUT2D eigenvalue weighted by Gasteiger charge is 2.30. The van der Waals surface area contributed by atoms with Crippen molar-refractivity contribution in [1.82, 2.24) is 10.6 Å². The molecule has 1 rings (SSSR count). The Balaban J connectivity index is 2.13. The van der Waals surface area contributed by atoms with Crippen LogP contribution < -0.4 is 10.6 Å². The summed E-state index contributed by atoms with van der Waals surface area (Å²) in [5, 5.41) is 15.5. The first-order valence-electron chi connectivity index (χ1n) is 12.8. The highest BCUT2D eigenvalue weighted by Crippen LogP contribution is 2.14. The number of aliphatic hydroxyl groups is 1. The molecule has 1 aliphatic heterocycles. The zero-order valence-corrected chi connectivity index (χ0v) is 20.3. The fourth-order valence-corrected chi connectivity index (χ4v) is 4.10. The van der Waals surface area contributed by atoms with Gasteiger partial charge >= 0.3 is 0 Å². The molecular weight excluding hydrogens is 392 g/mol. The summed E-state index contributed by atoms with van der Waals surface area (Å²) in [5.74, 6) is -0.00478. The van der Waals surface area contributed by atoms with Gasteiger partial charge in [-0.2, -0.15) is 0 Å². The summed E-state index contributed by atoms with van der Waals surface area (Å²) in [6.45, 7) is 6.76. The molecule has 0 aromatic rings. The van der Waals surface area contributed by atoms with E-state index in [2.05, 4.69) is 17.6 Å². The number of amides is 2. The van der Waals surface area contributed by atoms with E-state index in [-0.39, 0.29) is 17.7 Å². The summed E-state index contributed by atoms with van der Waals surface area (Å²) in [6, 6.07) is -0.951. The number of ether oxygens (including phenoxy) is 1. The van der Waals surface area contributed by atoms with Crippen molar-refractivity contribution in [1.29, 1.82) is 0 Å². The largest absolute Gasteiger partial charge is 0.366 e. The molecule has 0 bridgehead atoms. The van der Waals surface area contributed by atoms with E-state index in [1.807, 2.05) is 13.8 Å². The number of hydrogen-bond acceptors (Lipinski definition) is 4. The van der Waals surface area contributed by atoms with Crippen LogP contribution in [-0.4, -0.2) is 41.9 Å². The van der Waals surface area contributed by atoms with Crippen molar-refractivity contribution in [2.24, 2.45) is 5.92 Å². The number of aliphatic hydroxyl groups excluding tert-OH is 1. The van der Waals surface area contributed by atoms with E-state index in [4.69, 9.17) is 4.74 Å². The van der Waals surface area contributed by atoms with Gasteiger partial charge in [0.05, 0.1) is 12.6 Å². The van der Waals surface area contributed by atoms with Crippen LogP contribution in [0.3, 0.4) is 0 Å². The molecule has 3 N–H and O–H groups in total. The van der Waals surface area contributed by atoms with Crippen LogP contribution in [0.1, 0.15) is 117 Å². The summed E-state index contributed by atoms with van der Waals surface area (Å²) < 4.78 is 5.09. The summed E-state index contributed by atoms with van der Waals surface area (Å²) in [6.07, 6.45) is 15.9. The van der Waals surface area contributed by atoms with Gasteiger partial charge in [0.1, 0.15) is 6.04 Å². The molecule has 0 aliphatic carbocycles. The minimum Gasteiger partial charge on any atom is -0.366 e. The highest BCUT2D eigenvalue weighted by molar-refractivity contribution is 5.87. The summed E-state index contributed by atoms with van der Waals surface area (Å²) >= 11 is 0. The number of carbonyl (C=O) groups is 2. The molecule has 3 atom stereocenters. The molecule has 182 valence electrons. The molecule has 1 heterocycles. The third-order valence-electron chi connectivity index (χ3n) is 6.01.